The van der Waals surface area contributed by atoms with Gasteiger partial charge in [0, 0.05) is 33.1 Å². The number of nitrogens with zero attached hydrogens (tertiary/aromatic N) is 3. The predicted octanol–water partition coefficient (Wildman–Crippen LogP) is 12.9. The van der Waals surface area contributed by atoms with Crippen LogP contribution >= 0.6 is 0 Å². The summed E-state index contributed by atoms with van der Waals surface area (Å²) in [7, 11) is 0. The highest BCUT2D eigenvalue weighted by Gasteiger charge is 2.20. The second-order valence-corrected chi connectivity index (χ2v) is 13.5. The molecule has 242 valence electrons. The van der Waals surface area contributed by atoms with E-state index in [-0.39, 0.29) is 0 Å². The maximum Gasteiger partial charge on any atom is 0.146 e. The number of imidazole rings is 1. The van der Waals surface area contributed by atoms with Gasteiger partial charge in [0.25, 0.3) is 0 Å². The molecule has 0 bridgehead atoms. The summed E-state index contributed by atoms with van der Waals surface area (Å²) in [6, 6.07) is 67.9. The lowest BCUT2D eigenvalue weighted by atomic mass is 9.91. The summed E-state index contributed by atoms with van der Waals surface area (Å²) in [5.74, 6) is 0.935. The van der Waals surface area contributed by atoms with Crippen LogP contribution in [0.15, 0.2) is 188 Å². The molecule has 3 nitrogen and oxygen atoms in total. The first-order chi connectivity index (χ1) is 25.8. The van der Waals surface area contributed by atoms with Crippen LogP contribution in [0.2, 0.25) is 0 Å². The van der Waals surface area contributed by atoms with Crippen molar-refractivity contribution in [3.63, 3.8) is 0 Å². The Hall–Kier alpha value is -6.97. The summed E-state index contributed by atoms with van der Waals surface area (Å²) in [6.45, 7) is 0. The summed E-state index contributed by atoms with van der Waals surface area (Å²) in [5.41, 5.74) is 10.2. The quantitative estimate of drug-likeness (QED) is 0.172. The Balaban J connectivity index is 1.24. The van der Waals surface area contributed by atoms with Crippen molar-refractivity contribution in [3.8, 4) is 33.9 Å². The van der Waals surface area contributed by atoms with Crippen LogP contribution < -0.4 is 0 Å². The van der Waals surface area contributed by atoms with Crippen LogP contribution in [0.3, 0.4) is 0 Å². The number of para-hydroxylation sites is 4. The van der Waals surface area contributed by atoms with Crippen LogP contribution in [-0.2, 0) is 0 Å². The van der Waals surface area contributed by atoms with E-state index in [0.29, 0.717) is 0 Å². The van der Waals surface area contributed by atoms with E-state index < -0.39 is 0 Å². The van der Waals surface area contributed by atoms with Crippen LogP contribution in [-0.4, -0.2) is 14.1 Å². The van der Waals surface area contributed by atoms with Gasteiger partial charge in [0.1, 0.15) is 5.82 Å². The van der Waals surface area contributed by atoms with Gasteiger partial charge in [-0.2, -0.15) is 0 Å². The topological polar surface area (TPSA) is 22.8 Å². The van der Waals surface area contributed by atoms with Crippen molar-refractivity contribution in [1.29, 1.82) is 0 Å². The van der Waals surface area contributed by atoms with Gasteiger partial charge in [-0.15, -0.1) is 0 Å². The van der Waals surface area contributed by atoms with Crippen LogP contribution in [0.1, 0.15) is 0 Å². The molecule has 2 heterocycles. The smallest absolute Gasteiger partial charge is 0.146 e. The molecule has 0 spiro atoms. The van der Waals surface area contributed by atoms with Crippen molar-refractivity contribution in [2.24, 2.45) is 0 Å². The molecule has 0 radical (unpaired) electrons. The van der Waals surface area contributed by atoms with Crippen molar-refractivity contribution in [2.45, 2.75) is 0 Å². The van der Waals surface area contributed by atoms with E-state index in [9.17, 15) is 0 Å². The van der Waals surface area contributed by atoms with Crippen LogP contribution in [0.5, 0.6) is 0 Å². The molecule has 0 N–H and O–H groups in total. The molecule has 0 aliphatic heterocycles. The molecule has 9 aromatic carbocycles. The summed E-state index contributed by atoms with van der Waals surface area (Å²) in [6.07, 6.45) is 0. The third-order valence-electron chi connectivity index (χ3n) is 10.7. The molecule has 0 aliphatic rings. The van der Waals surface area contributed by atoms with Gasteiger partial charge in [0.05, 0.1) is 22.1 Å². The molecule has 0 aliphatic carbocycles. The third kappa shape index (κ3) is 4.23. The fraction of sp³-hybridized carbons (Fsp3) is 0. The molecule has 0 fully saturated rings. The minimum Gasteiger partial charge on any atom is -0.309 e. The lowest BCUT2D eigenvalue weighted by Gasteiger charge is -2.17. The van der Waals surface area contributed by atoms with E-state index in [0.717, 1.165) is 33.8 Å². The van der Waals surface area contributed by atoms with Crippen molar-refractivity contribution >= 4 is 65.2 Å². The molecule has 0 unspecified atom stereocenters. The number of benzene rings is 9. The zero-order valence-electron chi connectivity index (χ0n) is 28.2. The lowest BCUT2D eigenvalue weighted by molar-refractivity contribution is 1.11. The second kappa shape index (κ2) is 11.3. The highest BCUT2D eigenvalue weighted by molar-refractivity contribution is 6.28. The van der Waals surface area contributed by atoms with E-state index in [1.807, 2.05) is 0 Å². The van der Waals surface area contributed by atoms with Crippen molar-refractivity contribution in [2.75, 3.05) is 0 Å². The van der Waals surface area contributed by atoms with E-state index in [1.54, 1.807) is 0 Å². The van der Waals surface area contributed by atoms with Gasteiger partial charge >= 0.3 is 0 Å². The standard InChI is InChI=1S/C49H31N3/c1-3-14-32(15-4-1)33-26-29-46-42(30-33)39-20-9-11-24-45(39)51(46)35-27-28-38-36-18-7-8-19-37(36)40-21-13-22-41(48(40)43(38)31-35)49-50-44-23-10-12-25-47(44)52(49)34-16-5-2-6-17-34/h1-31H. The Kier molecular flexibility index (Phi) is 6.25. The number of hydrogen-bond donors (Lipinski definition) is 0. The lowest BCUT2D eigenvalue weighted by Crippen LogP contribution is -1.99. The first kappa shape index (κ1) is 28.8. The average molecular weight is 662 g/mol. The molecule has 0 atom stereocenters. The van der Waals surface area contributed by atoms with Crippen LogP contribution in [0, 0.1) is 0 Å². The fourth-order valence-electron chi connectivity index (χ4n) is 8.43. The Labute approximate surface area is 300 Å². The number of hydrogen-bond acceptors (Lipinski definition) is 1. The molecular weight excluding hydrogens is 631 g/mol. The average Bonchev–Trinajstić information content (AvgIpc) is 3.77. The Bertz CT molecular complexity index is 3170. The minimum atomic E-state index is 0.935. The molecule has 0 amide bonds. The summed E-state index contributed by atoms with van der Waals surface area (Å²) in [4.78, 5) is 5.34. The zero-order valence-corrected chi connectivity index (χ0v) is 28.2. The predicted molar refractivity (Wildman–Crippen MR) is 219 cm³/mol. The summed E-state index contributed by atoms with van der Waals surface area (Å²) < 4.78 is 4.74. The minimum absolute atomic E-state index is 0.935. The molecule has 0 saturated carbocycles. The highest BCUT2D eigenvalue weighted by Crippen LogP contribution is 2.43. The number of fused-ring (bicyclic) bond motifs is 10. The van der Waals surface area contributed by atoms with Gasteiger partial charge in [0.15, 0.2) is 0 Å². The molecule has 2 aromatic heterocycles. The molecule has 11 aromatic rings. The van der Waals surface area contributed by atoms with Gasteiger partial charge < -0.3 is 4.57 Å². The third-order valence-corrected chi connectivity index (χ3v) is 10.7. The summed E-state index contributed by atoms with van der Waals surface area (Å²) >= 11 is 0. The van der Waals surface area contributed by atoms with Crippen molar-refractivity contribution < 1.29 is 0 Å². The van der Waals surface area contributed by atoms with E-state index >= 15 is 0 Å². The van der Waals surface area contributed by atoms with Gasteiger partial charge in [-0.1, -0.05) is 133 Å². The first-order valence-electron chi connectivity index (χ1n) is 17.8. The monoisotopic (exact) mass is 661 g/mol. The van der Waals surface area contributed by atoms with Crippen molar-refractivity contribution in [3.05, 3.63) is 188 Å². The van der Waals surface area contributed by atoms with E-state index in [4.69, 9.17) is 4.98 Å². The number of rotatable bonds is 4. The molecular formula is C49H31N3. The fourth-order valence-corrected chi connectivity index (χ4v) is 8.43. The van der Waals surface area contributed by atoms with E-state index in [1.165, 1.54) is 65.3 Å². The van der Waals surface area contributed by atoms with E-state index in [2.05, 4.69) is 197 Å². The Morgan fingerprint density at radius 1 is 0.327 bits per heavy atom. The SMILES string of the molecule is c1ccc(-c2ccc3c(c2)c2ccccc2n3-c2ccc3c4ccccc4c4cccc(-c5nc6ccccc6n5-c5ccccc5)c4c3c2)cc1. The normalized spacial score (nSPS) is 11.8. The van der Waals surface area contributed by atoms with Gasteiger partial charge in [0.2, 0.25) is 0 Å². The Morgan fingerprint density at radius 2 is 0.962 bits per heavy atom. The van der Waals surface area contributed by atoms with Crippen LogP contribution in [0.4, 0.5) is 0 Å². The van der Waals surface area contributed by atoms with Crippen LogP contribution in [0.25, 0.3) is 99.0 Å². The highest BCUT2D eigenvalue weighted by atomic mass is 15.1. The maximum atomic E-state index is 5.34. The number of aromatic nitrogens is 3. The maximum absolute atomic E-state index is 5.34. The van der Waals surface area contributed by atoms with Gasteiger partial charge in [-0.25, -0.2) is 4.98 Å². The molecule has 52 heavy (non-hydrogen) atoms. The van der Waals surface area contributed by atoms with Gasteiger partial charge in [-0.05, 0) is 92.7 Å². The Morgan fingerprint density at radius 3 is 1.79 bits per heavy atom. The van der Waals surface area contributed by atoms with Crippen molar-refractivity contribution in [1.82, 2.24) is 14.1 Å². The molecule has 11 rings (SSSR count). The van der Waals surface area contributed by atoms with Gasteiger partial charge in [-0.3, -0.25) is 4.57 Å². The molecule has 3 heteroatoms. The zero-order chi connectivity index (χ0) is 34.2. The first-order valence-corrected chi connectivity index (χ1v) is 17.8. The largest absolute Gasteiger partial charge is 0.309 e. The summed E-state index contributed by atoms with van der Waals surface area (Å²) in [5, 5.41) is 9.85. The second-order valence-electron chi connectivity index (χ2n) is 13.5. The molecule has 0 saturated heterocycles.